The second kappa shape index (κ2) is 6.65. The lowest BCUT2D eigenvalue weighted by molar-refractivity contribution is -0.142. The van der Waals surface area contributed by atoms with E-state index in [1.165, 1.54) is 0 Å². The zero-order valence-corrected chi connectivity index (χ0v) is 14.4. The number of hydrogen-bond acceptors (Lipinski definition) is 5. The van der Waals surface area contributed by atoms with E-state index in [0.717, 1.165) is 28.8 Å². The highest BCUT2D eigenvalue weighted by Crippen LogP contribution is 2.28. The molecule has 0 spiro atoms. The molecule has 0 radical (unpaired) electrons. The Morgan fingerprint density at radius 3 is 2.50 bits per heavy atom. The highest BCUT2D eigenvalue weighted by atomic mass is 32.2. The summed E-state index contributed by atoms with van der Waals surface area (Å²) in [6.45, 7) is -0.0118. The third-order valence-corrected chi connectivity index (χ3v) is 6.11. The maximum atomic E-state index is 14.2. The molecule has 1 aliphatic heterocycles. The van der Waals surface area contributed by atoms with E-state index in [-0.39, 0.29) is 18.7 Å². The Bertz CT molecular complexity index is 853. The van der Waals surface area contributed by atoms with Crippen LogP contribution in [0.15, 0.2) is 23.1 Å². The number of benzene rings is 1. The molecule has 1 fully saturated rings. The Morgan fingerprint density at radius 1 is 1.29 bits per heavy atom. The van der Waals surface area contributed by atoms with Gasteiger partial charge in [-0.15, -0.1) is 0 Å². The van der Waals surface area contributed by atoms with Crippen LogP contribution in [-0.2, 0) is 24.8 Å². The van der Waals surface area contributed by atoms with Crippen LogP contribution in [0.25, 0.3) is 0 Å². The Labute approximate surface area is 139 Å². The highest BCUT2D eigenvalue weighted by Gasteiger charge is 2.38. The van der Waals surface area contributed by atoms with Crippen LogP contribution in [0.2, 0.25) is 0 Å². The minimum atomic E-state index is -4.35. The summed E-state index contributed by atoms with van der Waals surface area (Å²) in [6.07, 6.45) is 2.09. The van der Waals surface area contributed by atoms with Gasteiger partial charge in [0.15, 0.2) is 0 Å². The molecule has 1 unspecified atom stereocenters. The van der Waals surface area contributed by atoms with Gasteiger partial charge in [-0.05, 0) is 37.5 Å². The summed E-state index contributed by atoms with van der Waals surface area (Å²) in [5, 5.41) is 9.18. The average molecular weight is 380 g/mol. The standard InChI is InChI=1S/C13H17FN2O6S2/c1-23(19,20)15-9-5-6-12(10(14)8-9)24(21,22)16-7-3-2-4-11(16)13(17)18/h5-6,8,11,15H,2-4,7H2,1H3,(H,17,18). The molecule has 24 heavy (non-hydrogen) atoms. The Hall–Kier alpha value is -1.72. The number of anilines is 1. The number of nitrogens with zero attached hydrogens (tertiary/aromatic N) is 1. The van der Waals surface area contributed by atoms with Crippen molar-refractivity contribution in [3.8, 4) is 0 Å². The van der Waals surface area contributed by atoms with Gasteiger partial charge in [-0.3, -0.25) is 9.52 Å². The molecule has 1 atom stereocenters. The molecule has 0 aliphatic carbocycles. The van der Waals surface area contributed by atoms with Crippen LogP contribution in [0.1, 0.15) is 19.3 Å². The lowest BCUT2D eigenvalue weighted by Crippen LogP contribution is -2.48. The predicted molar refractivity (Wildman–Crippen MR) is 84.0 cm³/mol. The first-order chi connectivity index (χ1) is 11.0. The molecule has 0 aromatic heterocycles. The number of carboxylic acids is 1. The lowest BCUT2D eigenvalue weighted by atomic mass is 10.1. The van der Waals surface area contributed by atoms with Crippen LogP contribution in [0.4, 0.5) is 10.1 Å². The van der Waals surface area contributed by atoms with Crippen LogP contribution in [0.5, 0.6) is 0 Å². The second-order valence-electron chi connectivity index (χ2n) is 5.49. The van der Waals surface area contributed by atoms with Gasteiger partial charge in [0.05, 0.1) is 11.9 Å². The largest absolute Gasteiger partial charge is 0.480 e. The Balaban J connectivity index is 2.40. The van der Waals surface area contributed by atoms with E-state index in [2.05, 4.69) is 0 Å². The van der Waals surface area contributed by atoms with E-state index in [4.69, 9.17) is 0 Å². The fraction of sp³-hybridized carbons (Fsp3) is 0.462. The van der Waals surface area contributed by atoms with Gasteiger partial charge < -0.3 is 5.11 Å². The number of halogens is 1. The first kappa shape index (κ1) is 18.6. The first-order valence-corrected chi connectivity index (χ1v) is 10.4. The van der Waals surface area contributed by atoms with Crippen LogP contribution >= 0.6 is 0 Å². The summed E-state index contributed by atoms with van der Waals surface area (Å²) in [7, 11) is -7.98. The zero-order valence-electron chi connectivity index (χ0n) is 12.8. The molecule has 2 N–H and O–H groups in total. The minimum Gasteiger partial charge on any atom is -0.480 e. The number of piperidine rings is 1. The molecule has 1 heterocycles. The molecule has 134 valence electrons. The zero-order chi connectivity index (χ0) is 18.1. The van der Waals surface area contributed by atoms with Crippen LogP contribution < -0.4 is 4.72 Å². The molecule has 8 nitrogen and oxygen atoms in total. The van der Waals surface area contributed by atoms with Crippen molar-refractivity contribution in [2.24, 2.45) is 0 Å². The molecule has 1 aliphatic rings. The van der Waals surface area contributed by atoms with Crippen LogP contribution in [-0.4, -0.2) is 51.1 Å². The fourth-order valence-electron chi connectivity index (χ4n) is 2.55. The van der Waals surface area contributed by atoms with Crippen molar-refractivity contribution < 1.29 is 31.1 Å². The smallest absolute Gasteiger partial charge is 0.322 e. The Kier molecular flexibility index (Phi) is 5.16. The molecule has 1 saturated heterocycles. The molecule has 0 amide bonds. The van der Waals surface area contributed by atoms with Crippen molar-refractivity contribution in [1.82, 2.24) is 4.31 Å². The number of hydrogen-bond donors (Lipinski definition) is 2. The first-order valence-electron chi connectivity index (χ1n) is 7.04. The summed E-state index contributed by atoms with van der Waals surface area (Å²) >= 11 is 0. The third kappa shape index (κ3) is 4.02. The number of carboxylic acid groups (broad SMARTS) is 1. The van der Waals surface area contributed by atoms with E-state index >= 15 is 0 Å². The number of carbonyl (C=O) groups is 1. The van der Waals surface area contributed by atoms with Crippen molar-refractivity contribution in [3.05, 3.63) is 24.0 Å². The summed E-state index contributed by atoms with van der Waals surface area (Å²) in [4.78, 5) is 10.6. The van der Waals surface area contributed by atoms with Gasteiger partial charge in [-0.2, -0.15) is 4.31 Å². The summed E-state index contributed by atoms with van der Waals surface area (Å²) in [5.74, 6) is -2.44. The van der Waals surface area contributed by atoms with E-state index in [1.807, 2.05) is 4.72 Å². The number of rotatable bonds is 5. The van der Waals surface area contributed by atoms with Crippen molar-refractivity contribution in [2.45, 2.75) is 30.2 Å². The van der Waals surface area contributed by atoms with E-state index < -0.39 is 42.8 Å². The van der Waals surface area contributed by atoms with Gasteiger partial charge in [0, 0.05) is 6.54 Å². The third-order valence-electron chi connectivity index (χ3n) is 3.56. The minimum absolute atomic E-state index is 0.0118. The summed E-state index contributed by atoms with van der Waals surface area (Å²) < 4.78 is 64.5. The molecule has 1 aromatic rings. The van der Waals surface area contributed by atoms with Gasteiger partial charge >= 0.3 is 5.97 Å². The maximum absolute atomic E-state index is 14.2. The summed E-state index contributed by atoms with van der Waals surface area (Å²) in [5.41, 5.74) is -0.123. The van der Waals surface area contributed by atoms with Crippen molar-refractivity contribution in [3.63, 3.8) is 0 Å². The predicted octanol–water partition coefficient (Wildman–Crippen LogP) is 0.825. The monoisotopic (exact) mass is 380 g/mol. The normalized spacial score (nSPS) is 19.8. The molecular formula is C13H17FN2O6S2. The molecule has 0 bridgehead atoms. The molecule has 0 saturated carbocycles. The van der Waals surface area contributed by atoms with Crippen LogP contribution in [0, 0.1) is 5.82 Å². The molecular weight excluding hydrogens is 363 g/mol. The SMILES string of the molecule is CS(=O)(=O)Nc1ccc(S(=O)(=O)N2CCCCC2C(=O)O)c(F)c1. The Morgan fingerprint density at radius 2 is 1.96 bits per heavy atom. The van der Waals surface area contributed by atoms with Gasteiger partial charge in [-0.1, -0.05) is 0 Å². The maximum Gasteiger partial charge on any atom is 0.322 e. The van der Waals surface area contributed by atoms with E-state index in [9.17, 15) is 31.1 Å². The second-order valence-corrected chi connectivity index (χ2v) is 9.09. The van der Waals surface area contributed by atoms with Crippen LogP contribution in [0.3, 0.4) is 0 Å². The highest BCUT2D eigenvalue weighted by molar-refractivity contribution is 7.92. The molecule has 2 rings (SSSR count). The lowest BCUT2D eigenvalue weighted by Gasteiger charge is -2.31. The molecule has 11 heteroatoms. The number of sulfonamides is 2. The molecule has 1 aromatic carbocycles. The van der Waals surface area contributed by atoms with Gasteiger partial charge in [0.1, 0.15) is 16.8 Å². The number of nitrogens with one attached hydrogen (secondary N) is 1. The van der Waals surface area contributed by atoms with E-state index in [0.29, 0.717) is 12.8 Å². The quantitative estimate of drug-likeness (QED) is 0.780. The fourth-order valence-corrected chi connectivity index (χ4v) is 4.81. The number of aliphatic carboxylic acids is 1. The summed E-state index contributed by atoms with van der Waals surface area (Å²) in [6, 6.07) is 1.53. The van der Waals surface area contributed by atoms with Crippen molar-refractivity contribution >= 4 is 31.7 Å². The van der Waals surface area contributed by atoms with E-state index in [1.54, 1.807) is 0 Å². The van der Waals surface area contributed by atoms with Gasteiger partial charge in [-0.25, -0.2) is 21.2 Å². The van der Waals surface area contributed by atoms with Crippen molar-refractivity contribution in [1.29, 1.82) is 0 Å². The van der Waals surface area contributed by atoms with Crippen molar-refractivity contribution in [2.75, 3.05) is 17.5 Å². The topological polar surface area (TPSA) is 121 Å². The average Bonchev–Trinajstić information content (AvgIpc) is 2.45. The van der Waals surface area contributed by atoms with Gasteiger partial charge in [0.25, 0.3) is 0 Å². The van der Waals surface area contributed by atoms with Gasteiger partial charge in [0.2, 0.25) is 20.0 Å².